The number of aryl methyl sites for hydroxylation is 1. The molecule has 6 rings (SSSR count). The van der Waals surface area contributed by atoms with Gasteiger partial charge in [0.05, 0.1) is 0 Å². The molecule has 6 aromatic rings. The van der Waals surface area contributed by atoms with E-state index in [0.29, 0.717) is 11.4 Å². The lowest BCUT2D eigenvalue weighted by molar-refractivity contribution is 0.451. The molecule has 0 aliphatic rings. The van der Waals surface area contributed by atoms with E-state index < -0.39 is 5.54 Å². The molecule has 0 N–H and O–H groups in total. The molecular weight excluding hydrogens is 471 g/mol. The van der Waals surface area contributed by atoms with E-state index >= 15 is 0 Å². The van der Waals surface area contributed by atoms with Gasteiger partial charge in [-0.2, -0.15) is 0 Å². The standard InChI is InChI=1S/C33H25FN4/c1-24-17-19-25(20-18-24)30-22-21-29(34)23-31(30)32-35-36-37-38(32)33(26-11-5-2-6-12-26,27-13-7-3-8-14-27)28-15-9-4-10-16-28/h2-23H,1H3. The largest absolute Gasteiger partial charge is 0.207 e. The first-order valence-electron chi connectivity index (χ1n) is 12.5. The quantitative estimate of drug-likeness (QED) is 0.227. The van der Waals surface area contributed by atoms with Crippen LogP contribution in [0.3, 0.4) is 0 Å². The molecule has 0 spiro atoms. The minimum absolute atomic E-state index is 0.352. The highest BCUT2D eigenvalue weighted by Gasteiger charge is 2.42. The normalized spacial score (nSPS) is 11.4. The zero-order chi connectivity index (χ0) is 26.0. The van der Waals surface area contributed by atoms with Gasteiger partial charge in [0.1, 0.15) is 11.4 Å². The first-order valence-corrected chi connectivity index (χ1v) is 12.5. The third-order valence-corrected chi connectivity index (χ3v) is 6.95. The Morgan fingerprint density at radius 2 is 1.13 bits per heavy atom. The minimum atomic E-state index is -0.917. The summed E-state index contributed by atoms with van der Waals surface area (Å²) in [5, 5.41) is 13.3. The Morgan fingerprint density at radius 1 is 0.605 bits per heavy atom. The van der Waals surface area contributed by atoms with Crippen LogP contribution in [-0.2, 0) is 5.54 Å². The van der Waals surface area contributed by atoms with E-state index in [1.54, 1.807) is 6.07 Å². The fourth-order valence-electron chi connectivity index (χ4n) is 5.17. The average Bonchev–Trinajstić information content (AvgIpc) is 3.46. The summed E-state index contributed by atoms with van der Waals surface area (Å²) in [7, 11) is 0. The van der Waals surface area contributed by atoms with Crippen LogP contribution in [0.1, 0.15) is 22.3 Å². The van der Waals surface area contributed by atoms with Crippen LogP contribution in [0.5, 0.6) is 0 Å². The Morgan fingerprint density at radius 3 is 1.66 bits per heavy atom. The van der Waals surface area contributed by atoms with Crippen molar-refractivity contribution in [2.75, 3.05) is 0 Å². The molecule has 4 nitrogen and oxygen atoms in total. The smallest absolute Gasteiger partial charge is 0.184 e. The third kappa shape index (κ3) is 3.98. The summed E-state index contributed by atoms with van der Waals surface area (Å²) in [6, 6.07) is 43.5. The number of halogens is 1. The number of tetrazole rings is 1. The number of hydrogen-bond acceptors (Lipinski definition) is 3. The van der Waals surface area contributed by atoms with Gasteiger partial charge < -0.3 is 0 Å². The van der Waals surface area contributed by atoms with Crippen LogP contribution in [0, 0.1) is 12.7 Å². The summed E-state index contributed by atoms with van der Waals surface area (Å²) in [5.41, 5.74) is 5.62. The van der Waals surface area contributed by atoms with E-state index in [4.69, 9.17) is 0 Å². The number of hydrogen-bond donors (Lipinski definition) is 0. The molecule has 0 amide bonds. The molecule has 0 bridgehead atoms. The van der Waals surface area contributed by atoms with Gasteiger partial charge in [-0.15, -0.1) is 5.10 Å². The Hall–Kier alpha value is -4.90. The molecule has 0 fully saturated rings. The number of aromatic nitrogens is 4. The second-order valence-corrected chi connectivity index (χ2v) is 9.28. The lowest BCUT2D eigenvalue weighted by atomic mass is 9.77. The fourth-order valence-corrected chi connectivity index (χ4v) is 5.17. The number of benzene rings is 5. The van der Waals surface area contributed by atoms with Gasteiger partial charge in [-0.3, -0.25) is 0 Å². The van der Waals surface area contributed by atoms with Crippen LogP contribution in [-0.4, -0.2) is 20.2 Å². The summed E-state index contributed by atoms with van der Waals surface area (Å²) in [4.78, 5) is 0. The first-order chi connectivity index (χ1) is 18.7. The summed E-state index contributed by atoms with van der Waals surface area (Å²) in [6.07, 6.45) is 0. The van der Waals surface area contributed by atoms with Crippen LogP contribution in [0.25, 0.3) is 22.5 Å². The Labute approximate surface area is 221 Å². The van der Waals surface area contributed by atoms with E-state index in [-0.39, 0.29) is 5.82 Å². The molecule has 0 aliphatic carbocycles. The van der Waals surface area contributed by atoms with Gasteiger partial charge >= 0.3 is 0 Å². The SMILES string of the molecule is Cc1ccc(-c2ccc(F)cc2-c2nnnn2C(c2ccccc2)(c2ccccc2)c2ccccc2)cc1. The predicted molar refractivity (Wildman–Crippen MR) is 148 cm³/mol. The predicted octanol–water partition coefficient (Wildman–Crippen LogP) is 7.29. The summed E-state index contributed by atoms with van der Waals surface area (Å²) < 4.78 is 16.7. The maximum atomic E-state index is 14.8. The van der Waals surface area contributed by atoms with Crippen LogP contribution in [0.4, 0.5) is 4.39 Å². The highest BCUT2D eigenvalue weighted by molar-refractivity contribution is 5.81. The van der Waals surface area contributed by atoms with Crippen LogP contribution in [0.2, 0.25) is 0 Å². The van der Waals surface area contributed by atoms with Gasteiger partial charge in [0.2, 0.25) is 0 Å². The number of rotatable bonds is 6. The van der Waals surface area contributed by atoms with Crippen molar-refractivity contribution in [1.82, 2.24) is 20.2 Å². The number of nitrogens with zero attached hydrogens (tertiary/aromatic N) is 4. The second-order valence-electron chi connectivity index (χ2n) is 9.28. The van der Waals surface area contributed by atoms with Crippen molar-refractivity contribution >= 4 is 0 Å². The lowest BCUT2D eigenvalue weighted by Crippen LogP contribution is -2.39. The van der Waals surface area contributed by atoms with Gasteiger partial charge in [-0.05, 0) is 57.3 Å². The van der Waals surface area contributed by atoms with Gasteiger partial charge in [0.15, 0.2) is 5.82 Å². The third-order valence-electron chi connectivity index (χ3n) is 6.95. The van der Waals surface area contributed by atoms with E-state index in [0.717, 1.165) is 33.4 Å². The zero-order valence-corrected chi connectivity index (χ0v) is 20.9. The minimum Gasteiger partial charge on any atom is -0.207 e. The molecule has 0 atom stereocenters. The molecule has 184 valence electrons. The van der Waals surface area contributed by atoms with Crippen LogP contribution in [0.15, 0.2) is 133 Å². The molecule has 1 heterocycles. The van der Waals surface area contributed by atoms with Crippen molar-refractivity contribution in [3.8, 4) is 22.5 Å². The maximum Gasteiger partial charge on any atom is 0.184 e. The van der Waals surface area contributed by atoms with Crippen molar-refractivity contribution in [3.63, 3.8) is 0 Å². The molecule has 1 aromatic heterocycles. The highest BCUT2D eigenvalue weighted by Crippen LogP contribution is 2.43. The van der Waals surface area contributed by atoms with E-state index in [2.05, 4.69) is 51.9 Å². The average molecular weight is 497 g/mol. The lowest BCUT2D eigenvalue weighted by Gasteiger charge is -2.36. The van der Waals surface area contributed by atoms with Crippen molar-refractivity contribution < 1.29 is 4.39 Å². The topological polar surface area (TPSA) is 43.6 Å². The summed E-state index contributed by atoms with van der Waals surface area (Å²) >= 11 is 0. The van der Waals surface area contributed by atoms with E-state index in [9.17, 15) is 4.39 Å². The first kappa shape index (κ1) is 23.5. The highest BCUT2D eigenvalue weighted by atomic mass is 19.1. The Kier molecular flexibility index (Phi) is 6.10. The molecule has 5 heteroatoms. The van der Waals surface area contributed by atoms with E-state index in [1.165, 1.54) is 12.1 Å². The summed E-state index contributed by atoms with van der Waals surface area (Å²) in [6.45, 7) is 2.05. The van der Waals surface area contributed by atoms with Gasteiger partial charge in [-0.25, -0.2) is 9.07 Å². The molecule has 5 aromatic carbocycles. The second kappa shape index (κ2) is 9.87. The van der Waals surface area contributed by atoms with Gasteiger partial charge in [0, 0.05) is 5.56 Å². The molecule has 0 unspecified atom stereocenters. The molecule has 38 heavy (non-hydrogen) atoms. The monoisotopic (exact) mass is 496 g/mol. The van der Waals surface area contributed by atoms with Gasteiger partial charge in [0.25, 0.3) is 0 Å². The molecular formula is C33H25FN4. The maximum absolute atomic E-state index is 14.8. The molecule has 0 saturated carbocycles. The Balaban J connectivity index is 1.70. The molecule has 0 aliphatic heterocycles. The fraction of sp³-hybridized carbons (Fsp3) is 0.0606. The van der Waals surface area contributed by atoms with Crippen molar-refractivity contribution in [1.29, 1.82) is 0 Å². The van der Waals surface area contributed by atoms with Gasteiger partial charge in [-0.1, -0.05) is 127 Å². The molecule has 0 saturated heterocycles. The van der Waals surface area contributed by atoms with Crippen molar-refractivity contribution in [2.24, 2.45) is 0 Å². The zero-order valence-electron chi connectivity index (χ0n) is 20.9. The van der Waals surface area contributed by atoms with E-state index in [1.807, 2.05) is 90.5 Å². The molecule has 0 radical (unpaired) electrons. The summed E-state index contributed by atoms with van der Waals surface area (Å²) in [5.74, 6) is 0.117. The van der Waals surface area contributed by atoms with Crippen LogP contribution >= 0.6 is 0 Å². The van der Waals surface area contributed by atoms with Crippen molar-refractivity contribution in [3.05, 3.63) is 162 Å². The van der Waals surface area contributed by atoms with Crippen molar-refractivity contribution in [2.45, 2.75) is 12.5 Å². The Bertz CT molecular complexity index is 1570. The van der Waals surface area contributed by atoms with Crippen LogP contribution < -0.4 is 0 Å².